The number of aromatic nitrogens is 3. The molecule has 0 aliphatic carbocycles. The van der Waals surface area contributed by atoms with Crippen LogP contribution in [0.1, 0.15) is 22.5 Å². The van der Waals surface area contributed by atoms with Gasteiger partial charge < -0.3 is 20.1 Å². The van der Waals surface area contributed by atoms with E-state index in [9.17, 15) is 10.0 Å². The molecule has 0 amide bonds. The van der Waals surface area contributed by atoms with Gasteiger partial charge in [-0.1, -0.05) is 42.5 Å². The molecule has 4 aromatic rings. The fourth-order valence-electron chi connectivity index (χ4n) is 4.15. The summed E-state index contributed by atoms with van der Waals surface area (Å²) in [6.07, 6.45) is 0.763. The maximum atomic E-state index is 9.76. The summed E-state index contributed by atoms with van der Waals surface area (Å²) in [5.74, 6) is 1.35. The van der Waals surface area contributed by atoms with Crippen molar-refractivity contribution in [1.29, 1.82) is 0 Å². The van der Waals surface area contributed by atoms with E-state index >= 15 is 0 Å². The number of hydrogen-bond acceptors (Lipinski definition) is 6. The van der Waals surface area contributed by atoms with E-state index in [2.05, 4.69) is 17.4 Å². The molecular formula is C23H23BN4O3. The Bertz CT molecular complexity index is 1240. The Morgan fingerprint density at radius 3 is 2.74 bits per heavy atom. The van der Waals surface area contributed by atoms with Crippen LogP contribution in [0, 0.1) is 6.92 Å². The van der Waals surface area contributed by atoms with Crippen molar-refractivity contribution in [3.63, 3.8) is 0 Å². The van der Waals surface area contributed by atoms with Crippen LogP contribution in [0.2, 0.25) is 0 Å². The predicted molar refractivity (Wildman–Crippen MR) is 121 cm³/mol. The largest absolute Gasteiger partial charge is 0.489 e. The van der Waals surface area contributed by atoms with Crippen molar-refractivity contribution in [3.8, 4) is 5.95 Å². The fraction of sp³-hybridized carbons (Fsp3) is 0.217. The second-order valence-electron chi connectivity index (χ2n) is 7.71. The average Bonchev–Trinajstić information content (AvgIpc) is 3.13. The van der Waals surface area contributed by atoms with Crippen LogP contribution in [-0.2, 0) is 24.3 Å². The Morgan fingerprint density at radius 1 is 1.10 bits per heavy atom. The lowest BCUT2D eigenvalue weighted by atomic mass is 9.78. The molecule has 0 saturated heterocycles. The minimum atomic E-state index is -1.54. The quantitative estimate of drug-likeness (QED) is 0.433. The van der Waals surface area contributed by atoms with E-state index in [1.807, 2.05) is 47.9 Å². The van der Waals surface area contributed by atoms with Gasteiger partial charge in [0.25, 0.3) is 0 Å². The van der Waals surface area contributed by atoms with Crippen molar-refractivity contribution in [3.05, 3.63) is 77.1 Å². The Labute approximate surface area is 180 Å². The average molecular weight is 414 g/mol. The number of benzene rings is 2. The van der Waals surface area contributed by atoms with Crippen molar-refractivity contribution >= 4 is 29.3 Å². The molecule has 0 bridgehead atoms. The van der Waals surface area contributed by atoms with E-state index in [4.69, 9.17) is 14.7 Å². The molecule has 1 aliphatic rings. The number of fused-ring (bicyclic) bond motifs is 2. The van der Waals surface area contributed by atoms with Crippen LogP contribution in [0.4, 0.5) is 5.82 Å². The SMILES string of the molecule is Cc1cc2c(B(O)O)cccc2n1-c1nc2c(c(NCc3ccccc3)n1)CCOC2. The third-order valence-electron chi connectivity index (χ3n) is 5.66. The van der Waals surface area contributed by atoms with E-state index in [-0.39, 0.29) is 0 Å². The summed E-state index contributed by atoms with van der Waals surface area (Å²) in [5, 5.41) is 23.8. The highest BCUT2D eigenvalue weighted by atomic mass is 16.5. The van der Waals surface area contributed by atoms with Crippen LogP contribution in [0.5, 0.6) is 0 Å². The third kappa shape index (κ3) is 3.70. The van der Waals surface area contributed by atoms with E-state index < -0.39 is 7.12 Å². The number of rotatable bonds is 5. The van der Waals surface area contributed by atoms with Crippen LogP contribution in [0.15, 0.2) is 54.6 Å². The lowest BCUT2D eigenvalue weighted by molar-refractivity contribution is 0.107. The van der Waals surface area contributed by atoms with E-state index in [1.54, 1.807) is 6.07 Å². The summed E-state index contributed by atoms with van der Waals surface area (Å²) >= 11 is 0. The van der Waals surface area contributed by atoms with Gasteiger partial charge >= 0.3 is 7.12 Å². The summed E-state index contributed by atoms with van der Waals surface area (Å²) in [6.45, 7) is 3.73. The third-order valence-corrected chi connectivity index (χ3v) is 5.66. The second kappa shape index (κ2) is 8.15. The molecule has 8 heteroatoms. The van der Waals surface area contributed by atoms with Gasteiger partial charge in [-0.2, -0.15) is 4.98 Å². The van der Waals surface area contributed by atoms with Gasteiger partial charge in [0.1, 0.15) is 5.82 Å². The lowest BCUT2D eigenvalue weighted by Crippen LogP contribution is -2.30. The highest BCUT2D eigenvalue weighted by Crippen LogP contribution is 2.27. The van der Waals surface area contributed by atoms with Crippen LogP contribution in [-0.4, -0.2) is 38.3 Å². The molecule has 3 heterocycles. The first kappa shape index (κ1) is 19.7. The molecule has 7 nitrogen and oxygen atoms in total. The van der Waals surface area contributed by atoms with Crippen molar-refractivity contribution < 1.29 is 14.8 Å². The highest BCUT2D eigenvalue weighted by molar-refractivity contribution is 6.61. The van der Waals surface area contributed by atoms with Gasteiger partial charge in [-0.25, -0.2) is 4.98 Å². The maximum Gasteiger partial charge on any atom is 0.489 e. The van der Waals surface area contributed by atoms with Crippen molar-refractivity contribution in [2.24, 2.45) is 0 Å². The minimum absolute atomic E-state index is 0.448. The van der Waals surface area contributed by atoms with E-state index in [0.29, 0.717) is 31.2 Å². The molecule has 2 aromatic carbocycles. The fourth-order valence-corrected chi connectivity index (χ4v) is 4.15. The summed E-state index contributed by atoms with van der Waals surface area (Å²) in [4.78, 5) is 9.71. The van der Waals surface area contributed by atoms with Crippen molar-refractivity contribution in [2.45, 2.75) is 26.5 Å². The molecule has 0 saturated carbocycles. The highest BCUT2D eigenvalue weighted by Gasteiger charge is 2.22. The number of aryl methyl sites for hydroxylation is 1. The summed E-state index contributed by atoms with van der Waals surface area (Å²) < 4.78 is 7.61. The Kier molecular flexibility index (Phi) is 5.19. The molecule has 0 spiro atoms. The zero-order valence-electron chi connectivity index (χ0n) is 17.2. The molecule has 0 fully saturated rings. The first-order valence-electron chi connectivity index (χ1n) is 10.3. The van der Waals surface area contributed by atoms with Crippen LogP contribution >= 0.6 is 0 Å². The normalized spacial score (nSPS) is 13.3. The van der Waals surface area contributed by atoms with Crippen molar-refractivity contribution in [1.82, 2.24) is 14.5 Å². The molecule has 2 aromatic heterocycles. The Morgan fingerprint density at radius 2 is 1.94 bits per heavy atom. The number of nitrogens with one attached hydrogen (secondary N) is 1. The van der Waals surface area contributed by atoms with Gasteiger partial charge in [-0.3, -0.25) is 4.57 Å². The van der Waals surface area contributed by atoms with Gasteiger partial charge in [0.05, 0.1) is 24.4 Å². The summed E-state index contributed by atoms with van der Waals surface area (Å²) in [5.41, 5.74) is 5.34. The minimum Gasteiger partial charge on any atom is -0.423 e. The summed E-state index contributed by atoms with van der Waals surface area (Å²) in [6, 6.07) is 17.6. The first-order valence-corrected chi connectivity index (χ1v) is 10.3. The Hall–Kier alpha value is -3.20. The van der Waals surface area contributed by atoms with Gasteiger partial charge in [0.15, 0.2) is 0 Å². The van der Waals surface area contributed by atoms with Crippen LogP contribution in [0.3, 0.4) is 0 Å². The number of ether oxygens (including phenoxy) is 1. The van der Waals surface area contributed by atoms with Crippen molar-refractivity contribution in [2.75, 3.05) is 11.9 Å². The molecule has 3 N–H and O–H groups in total. The lowest BCUT2D eigenvalue weighted by Gasteiger charge is -2.21. The monoisotopic (exact) mass is 414 g/mol. The molecule has 1 aliphatic heterocycles. The molecule has 0 unspecified atom stereocenters. The topological polar surface area (TPSA) is 92.4 Å². The first-order chi connectivity index (χ1) is 15.1. The second-order valence-corrected chi connectivity index (χ2v) is 7.71. The number of nitrogens with zero attached hydrogens (tertiary/aromatic N) is 3. The molecule has 0 radical (unpaired) electrons. The zero-order chi connectivity index (χ0) is 21.4. The standard InChI is InChI=1S/C23H23BN4O3/c1-15-12-18-19(24(29)30)8-5-9-21(18)28(15)23-26-20-14-31-11-10-17(20)22(27-23)25-13-16-6-3-2-4-7-16/h2-9,12,29-30H,10-11,13-14H2,1H3,(H,25,26,27). The predicted octanol–water partition coefficient (Wildman–Crippen LogP) is 2.09. The van der Waals surface area contributed by atoms with Gasteiger partial charge in [0.2, 0.25) is 5.95 Å². The molecular weight excluding hydrogens is 391 g/mol. The number of anilines is 1. The van der Waals surface area contributed by atoms with Crippen LogP contribution in [0.25, 0.3) is 16.9 Å². The van der Waals surface area contributed by atoms with Gasteiger partial charge in [0, 0.05) is 29.6 Å². The molecule has 156 valence electrons. The summed E-state index contributed by atoms with van der Waals surface area (Å²) in [7, 11) is -1.54. The molecule has 31 heavy (non-hydrogen) atoms. The number of hydrogen-bond donors (Lipinski definition) is 3. The maximum absolute atomic E-state index is 9.76. The Balaban J connectivity index is 1.62. The molecule has 0 atom stereocenters. The van der Waals surface area contributed by atoms with Gasteiger partial charge in [-0.05, 0) is 30.1 Å². The molecule has 5 rings (SSSR count). The van der Waals surface area contributed by atoms with E-state index in [1.165, 1.54) is 5.56 Å². The van der Waals surface area contributed by atoms with Crippen LogP contribution < -0.4 is 10.8 Å². The smallest absolute Gasteiger partial charge is 0.423 e. The van der Waals surface area contributed by atoms with Gasteiger partial charge in [-0.15, -0.1) is 0 Å². The van der Waals surface area contributed by atoms with E-state index in [0.717, 1.165) is 40.1 Å². The zero-order valence-corrected chi connectivity index (χ0v) is 17.2.